The Morgan fingerprint density at radius 2 is 1.81 bits per heavy atom. The Morgan fingerprint density at radius 1 is 1.10 bits per heavy atom. The van der Waals surface area contributed by atoms with Crippen molar-refractivity contribution in [2.45, 2.75) is 6.54 Å². The predicted octanol–water partition coefficient (Wildman–Crippen LogP) is 2.64. The molecule has 0 unspecified atom stereocenters. The number of methoxy groups -OCH3 is 1. The van der Waals surface area contributed by atoms with Crippen LogP contribution in [-0.4, -0.2) is 11.7 Å². The van der Waals surface area contributed by atoms with Crippen LogP contribution < -0.4 is 16.0 Å². The summed E-state index contributed by atoms with van der Waals surface area (Å²) in [4.78, 5) is 12.5. The van der Waals surface area contributed by atoms with Crippen LogP contribution in [0, 0.1) is 0 Å². The van der Waals surface area contributed by atoms with Crippen LogP contribution in [0.4, 0.5) is 5.82 Å². The van der Waals surface area contributed by atoms with Crippen LogP contribution in [0.3, 0.4) is 0 Å². The van der Waals surface area contributed by atoms with E-state index in [1.165, 1.54) is 0 Å². The smallest absolute Gasteiger partial charge is 0.260 e. The number of anilines is 1. The van der Waals surface area contributed by atoms with E-state index in [0.29, 0.717) is 17.7 Å². The molecule has 1 heterocycles. The molecule has 0 fully saturated rings. The number of pyridine rings is 1. The van der Waals surface area contributed by atoms with Gasteiger partial charge in [-0.1, -0.05) is 30.3 Å². The van der Waals surface area contributed by atoms with Crippen molar-refractivity contribution >= 4 is 16.6 Å². The van der Waals surface area contributed by atoms with Gasteiger partial charge in [0.05, 0.1) is 13.7 Å². The molecule has 21 heavy (non-hydrogen) atoms. The van der Waals surface area contributed by atoms with Gasteiger partial charge in [-0.05, 0) is 35.2 Å². The minimum atomic E-state index is -0.0681. The number of aromatic nitrogens is 1. The summed E-state index contributed by atoms with van der Waals surface area (Å²) >= 11 is 0. The van der Waals surface area contributed by atoms with Gasteiger partial charge in [0.15, 0.2) is 0 Å². The van der Waals surface area contributed by atoms with E-state index in [1.807, 2.05) is 54.6 Å². The van der Waals surface area contributed by atoms with Gasteiger partial charge in [-0.3, -0.25) is 9.36 Å². The Kier molecular flexibility index (Phi) is 3.36. The summed E-state index contributed by atoms with van der Waals surface area (Å²) in [7, 11) is 1.63. The molecule has 3 aromatic rings. The van der Waals surface area contributed by atoms with Crippen LogP contribution in [0.25, 0.3) is 10.8 Å². The second kappa shape index (κ2) is 5.32. The fourth-order valence-corrected chi connectivity index (χ4v) is 2.39. The highest BCUT2D eigenvalue weighted by molar-refractivity contribution is 5.83. The Hall–Kier alpha value is -2.75. The van der Waals surface area contributed by atoms with Gasteiger partial charge in [0.1, 0.15) is 11.6 Å². The standard InChI is InChI=1S/C17H16N2O2/c1-21-14-8-6-12(7-9-14)11-19-16(18)10-13-4-2-3-5-15(13)17(19)20/h2-10H,11,18H2,1H3. The molecule has 0 atom stereocenters. The average Bonchev–Trinajstić information content (AvgIpc) is 2.52. The van der Waals surface area contributed by atoms with E-state index < -0.39 is 0 Å². The third-order valence-corrected chi connectivity index (χ3v) is 3.55. The quantitative estimate of drug-likeness (QED) is 0.802. The molecule has 0 aliphatic heterocycles. The lowest BCUT2D eigenvalue weighted by Crippen LogP contribution is -2.23. The Bertz CT molecular complexity index is 836. The SMILES string of the molecule is COc1ccc(Cn2c(N)cc3ccccc3c2=O)cc1. The van der Waals surface area contributed by atoms with Gasteiger partial charge in [0.2, 0.25) is 0 Å². The van der Waals surface area contributed by atoms with Crippen LogP contribution >= 0.6 is 0 Å². The maximum absolute atomic E-state index is 12.5. The Labute approximate surface area is 122 Å². The highest BCUT2D eigenvalue weighted by atomic mass is 16.5. The van der Waals surface area contributed by atoms with Crippen molar-refractivity contribution in [2.75, 3.05) is 12.8 Å². The first-order chi connectivity index (χ1) is 10.2. The van der Waals surface area contributed by atoms with E-state index in [2.05, 4.69) is 0 Å². The molecule has 1 aromatic heterocycles. The van der Waals surface area contributed by atoms with E-state index >= 15 is 0 Å². The molecule has 0 saturated carbocycles. The van der Waals surface area contributed by atoms with E-state index in [1.54, 1.807) is 11.7 Å². The Balaban J connectivity index is 2.05. The minimum Gasteiger partial charge on any atom is -0.497 e. The van der Waals surface area contributed by atoms with Crippen molar-refractivity contribution in [3.05, 3.63) is 70.5 Å². The lowest BCUT2D eigenvalue weighted by atomic mass is 10.1. The third-order valence-electron chi connectivity index (χ3n) is 3.55. The van der Waals surface area contributed by atoms with E-state index in [4.69, 9.17) is 10.5 Å². The highest BCUT2D eigenvalue weighted by Crippen LogP contribution is 2.16. The number of nitrogens with zero attached hydrogens (tertiary/aromatic N) is 1. The van der Waals surface area contributed by atoms with Crippen LogP contribution in [0.1, 0.15) is 5.56 Å². The monoisotopic (exact) mass is 280 g/mol. The first-order valence-corrected chi connectivity index (χ1v) is 6.70. The second-order valence-corrected chi connectivity index (χ2v) is 4.90. The number of nitrogens with two attached hydrogens (primary N) is 1. The molecule has 0 amide bonds. The zero-order chi connectivity index (χ0) is 14.8. The van der Waals surface area contributed by atoms with Gasteiger partial charge in [0.25, 0.3) is 5.56 Å². The lowest BCUT2D eigenvalue weighted by Gasteiger charge is -2.11. The molecular weight excluding hydrogens is 264 g/mol. The summed E-state index contributed by atoms with van der Waals surface area (Å²) in [5.74, 6) is 1.26. The first kappa shape index (κ1) is 13.2. The fraction of sp³-hybridized carbons (Fsp3) is 0.118. The lowest BCUT2D eigenvalue weighted by molar-refractivity contribution is 0.414. The maximum atomic E-state index is 12.5. The van der Waals surface area contributed by atoms with Crippen LogP contribution in [0.5, 0.6) is 5.75 Å². The topological polar surface area (TPSA) is 57.2 Å². The normalized spacial score (nSPS) is 10.7. The van der Waals surface area contributed by atoms with Crippen molar-refractivity contribution in [3.63, 3.8) is 0 Å². The number of hydrogen-bond donors (Lipinski definition) is 1. The first-order valence-electron chi connectivity index (χ1n) is 6.70. The number of ether oxygens (including phenoxy) is 1. The minimum absolute atomic E-state index is 0.0681. The summed E-state index contributed by atoms with van der Waals surface area (Å²) in [6, 6.07) is 16.9. The van der Waals surface area contributed by atoms with E-state index in [9.17, 15) is 4.79 Å². The molecule has 0 radical (unpaired) electrons. The van der Waals surface area contributed by atoms with Gasteiger partial charge in [0, 0.05) is 5.39 Å². The number of rotatable bonds is 3. The second-order valence-electron chi connectivity index (χ2n) is 4.90. The zero-order valence-corrected chi connectivity index (χ0v) is 11.7. The molecule has 4 nitrogen and oxygen atoms in total. The Morgan fingerprint density at radius 3 is 2.52 bits per heavy atom. The predicted molar refractivity (Wildman–Crippen MR) is 84.7 cm³/mol. The molecule has 0 aliphatic carbocycles. The number of hydrogen-bond acceptors (Lipinski definition) is 3. The molecule has 3 rings (SSSR count). The zero-order valence-electron chi connectivity index (χ0n) is 11.7. The highest BCUT2D eigenvalue weighted by Gasteiger charge is 2.07. The maximum Gasteiger partial charge on any atom is 0.260 e. The molecule has 0 spiro atoms. The van der Waals surface area contributed by atoms with Crippen LogP contribution in [0.2, 0.25) is 0 Å². The molecule has 2 aromatic carbocycles. The van der Waals surface area contributed by atoms with Crippen LogP contribution in [-0.2, 0) is 6.54 Å². The van der Waals surface area contributed by atoms with Crippen molar-refractivity contribution in [3.8, 4) is 5.75 Å². The van der Waals surface area contributed by atoms with Crippen molar-refractivity contribution in [1.82, 2.24) is 4.57 Å². The van der Waals surface area contributed by atoms with Crippen molar-refractivity contribution < 1.29 is 4.74 Å². The molecule has 0 bridgehead atoms. The summed E-state index contributed by atoms with van der Waals surface area (Å²) in [5.41, 5.74) is 6.96. The summed E-state index contributed by atoms with van der Waals surface area (Å²) < 4.78 is 6.72. The molecule has 2 N–H and O–H groups in total. The van der Waals surface area contributed by atoms with Crippen molar-refractivity contribution in [1.29, 1.82) is 0 Å². The molecule has 106 valence electrons. The van der Waals surface area contributed by atoms with Gasteiger partial charge in [-0.15, -0.1) is 0 Å². The molecule has 0 saturated heterocycles. The van der Waals surface area contributed by atoms with Gasteiger partial charge < -0.3 is 10.5 Å². The van der Waals surface area contributed by atoms with Gasteiger partial charge in [-0.2, -0.15) is 0 Å². The average molecular weight is 280 g/mol. The number of benzene rings is 2. The summed E-state index contributed by atoms with van der Waals surface area (Å²) in [5, 5.41) is 1.55. The van der Waals surface area contributed by atoms with Gasteiger partial charge >= 0.3 is 0 Å². The largest absolute Gasteiger partial charge is 0.497 e. The molecule has 4 heteroatoms. The summed E-state index contributed by atoms with van der Waals surface area (Å²) in [6.07, 6.45) is 0. The van der Waals surface area contributed by atoms with Crippen LogP contribution in [0.15, 0.2) is 59.4 Å². The van der Waals surface area contributed by atoms with E-state index in [-0.39, 0.29) is 5.56 Å². The number of fused-ring (bicyclic) bond motifs is 1. The van der Waals surface area contributed by atoms with Crippen molar-refractivity contribution in [2.24, 2.45) is 0 Å². The fourth-order valence-electron chi connectivity index (χ4n) is 2.39. The van der Waals surface area contributed by atoms with E-state index in [0.717, 1.165) is 16.7 Å². The number of nitrogen functional groups attached to an aromatic ring is 1. The molecular formula is C17H16N2O2. The van der Waals surface area contributed by atoms with Gasteiger partial charge in [-0.25, -0.2) is 0 Å². The summed E-state index contributed by atoms with van der Waals surface area (Å²) in [6.45, 7) is 0.444. The third kappa shape index (κ3) is 2.48. The molecule has 0 aliphatic rings.